The number of amides is 2. The summed E-state index contributed by atoms with van der Waals surface area (Å²) in [5.74, 6) is 0.700. The van der Waals surface area contributed by atoms with Crippen LogP contribution in [-0.4, -0.2) is 83.4 Å². The van der Waals surface area contributed by atoms with Crippen LogP contribution in [0.5, 0.6) is 0 Å². The molecular formula is C28H29N5O4S2. The Morgan fingerprint density at radius 1 is 0.897 bits per heavy atom. The lowest BCUT2D eigenvalue weighted by Crippen LogP contribution is -2.50. The van der Waals surface area contributed by atoms with Gasteiger partial charge in [-0.25, -0.2) is 4.98 Å². The molecule has 1 N–H and O–H groups in total. The Morgan fingerprint density at radius 2 is 1.64 bits per heavy atom. The van der Waals surface area contributed by atoms with Crippen LogP contribution in [0.15, 0.2) is 82.1 Å². The van der Waals surface area contributed by atoms with Gasteiger partial charge in [-0.15, -0.1) is 0 Å². The molecule has 11 heteroatoms. The third kappa shape index (κ3) is 7.05. The molecule has 2 aliphatic rings. The highest BCUT2D eigenvalue weighted by atomic mass is 32.2. The van der Waals surface area contributed by atoms with Gasteiger partial charge < -0.3 is 29.2 Å². The summed E-state index contributed by atoms with van der Waals surface area (Å²) in [6.45, 7) is 5.08. The minimum Gasteiger partial charge on any atom is -0.450 e. The molecule has 2 saturated heterocycles. The number of hydrogen-bond donors (Lipinski definition) is 1. The van der Waals surface area contributed by atoms with Gasteiger partial charge in [0.1, 0.15) is 21.6 Å². The van der Waals surface area contributed by atoms with Crippen LogP contribution in [0.3, 0.4) is 0 Å². The Hall–Kier alpha value is -3.67. The number of morpholine rings is 1. The van der Waals surface area contributed by atoms with Crippen LogP contribution >= 0.6 is 24.0 Å². The number of aromatic nitrogens is 1. The number of carbonyl (C=O) groups is 2. The number of thioether (sulfide) groups is 1. The minimum absolute atomic E-state index is 0.150. The van der Waals surface area contributed by atoms with Crippen molar-refractivity contribution >= 4 is 52.0 Å². The molecule has 202 valence electrons. The Bertz CT molecular complexity index is 1320. The first-order chi connectivity index (χ1) is 19.1. The van der Waals surface area contributed by atoms with Gasteiger partial charge in [0, 0.05) is 57.1 Å². The summed E-state index contributed by atoms with van der Waals surface area (Å²) in [6, 6.07) is 18.2. The average Bonchev–Trinajstić information content (AvgIpc) is 3.44. The van der Waals surface area contributed by atoms with E-state index in [0.717, 1.165) is 18.9 Å². The van der Waals surface area contributed by atoms with E-state index >= 15 is 0 Å². The summed E-state index contributed by atoms with van der Waals surface area (Å²) in [5, 5.41) is 3.43. The van der Waals surface area contributed by atoms with Gasteiger partial charge in [-0.1, -0.05) is 36.5 Å². The summed E-state index contributed by atoms with van der Waals surface area (Å²) < 4.78 is 12.1. The molecule has 2 fully saturated rings. The number of piperazine rings is 1. The number of rotatable bonds is 6. The van der Waals surface area contributed by atoms with Crippen LogP contribution in [-0.2, 0) is 9.53 Å². The first-order valence-corrected chi connectivity index (χ1v) is 14.0. The normalized spacial score (nSPS) is 16.2. The van der Waals surface area contributed by atoms with E-state index in [0.29, 0.717) is 60.1 Å². The maximum atomic E-state index is 13.6. The van der Waals surface area contributed by atoms with Gasteiger partial charge in [0.25, 0.3) is 11.8 Å². The van der Waals surface area contributed by atoms with Crippen molar-refractivity contribution in [3.63, 3.8) is 0 Å². The highest BCUT2D eigenvalue weighted by Gasteiger charge is 2.26. The molecule has 0 unspecified atom stereocenters. The Balaban J connectivity index is 1.30. The minimum atomic E-state index is -0.364. The summed E-state index contributed by atoms with van der Waals surface area (Å²) >= 11 is 6.92. The SMILES string of the molecule is O=C(NC(=Cc1ccc(SC(=S)N2CCOCC2)o1)C(=O)N1CCN(c2ccccn2)CC1)c1ccccc1. The number of carbonyl (C=O) groups excluding carboxylic acids is 2. The summed E-state index contributed by atoms with van der Waals surface area (Å²) in [6.07, 6.45) is 3.34. The standard InChI is InChI=1S/C28H29N5O4S2/c34-26(21-6-2-1-3-7-21)30-23(27(35)32-14-12-31(13-15-32)24-8-4-5-11-29-24)20-22-9-10-25(37-22)39-28(38)33-16-18-36-19-17-33/h1-11,20H,12-19H2,(H,30,34). The lowest BCUT2D eigenvalue weighted by atomic mass is 10.2. The lowest BCUT2D eigenvalue weighted by molar-refractivity contribution is -0.127. The third-order valence-electron chi connectivity index (χ3n) is 6.40. The van der Waals surface area contributed by atoms with Crippen LogP contribution in [0.25, 0.3) is 6.08 Å². The van der Waals surface area contributed by atoms with Crippen molar-refractivity contribution in [1.82, 2.24) is 20.1 Å². The smallest absolute Gasteiger partial charge is 0.270 e. The van der Waals surface area contributed by atoms with Crippen molar-refractivity contribution in [2.45, 2.75) is 5.09 Å². The molecule has 0 saturated carbocycles. The van der Waals surface area contributed by atoms with E-state index in [1.54, 1.807) is 47.5 Å². The van der Waals surface area contributed by atoms with E-state index in [2.05, 4.69) is 20.1 Å². The number of benzene rings is 1. The maximum Gasteiger partial charge on any atom is 0.270 e. The molecule has 39 heavy (non-hydrogen) atoms. The second kappa shape index (κ2) is 12.9. The number of pyridine rings is 1. The number of hydrogen-bond acceptors (Lipinski definition) is 8. The van der Waals surface area contributed by atoms with E-state index in [1.165, 1.54) is 11.8 Å². The number of nitrogens with one attached hydrogen (secondary N) is 1. The molecule has 2 aromatic heterocycles. The van der Waals surface area contributed by atoms with Crippen LogP contribution in [0.4, 0.5) is 5.82 Å². The van der Waals surface area contributed by atoms with Crippen LogP contribution in [0, 0.1) is 0 Å². The van der Waals surface area contributed by atoms with E-state index in [4.69, 9.17) is 21.4 Å². The fourth-order valence-corrected chi connectivity index (χ4v) is 5.48. The zero-order valence-corrected chi connectivity index (χ0v) is 23.0. The maximum absolute atomic E-state index is 13.6. The average molecular weight is 564 g/mol. The van der Waals surface area contributed by atoms with Crippen LogP contribution in [0.2, 0.25) is 0 Å². The first-order valence-electron chi connectivity index (χ1n) is 12.7. The van der Waals surface area contributed by atoms with Gasteiger partial charge in [-0.2, -0.15) is 0 Å². The fraction of sp³-hybridized carbons (Fsp3) is 0.286. The summed E-state index contributed by atoms with van der Waals surface area (Å²) in [4.78, 5) is 37.0. The summed E-state index contributed by atoms with van der Waals surface area (Å²) in [5.41, 5.74) is 0.611. The second-order valence-corrected chi connectivity index (χ2v) is 10.6. The number of thiocarbonyl (C=S) groups is 1. The fourth-order valence-electron chi connectivity index (χ4n) is 4.29. The molecule has 3 aromatic rings. The van der Waals surface area contributed by atoms with Crippen molar-refractivity contribution in [2.24, 2.45) is 0 Å². The molecule has 0 radical (unpaired) electrons. The number of nitrogens with zero attached hydrogens (tertiary/aromatic N) is 4. The molecule has 2 amide bonds. The Labute approximate surface area is 236 Å². The van der Waals surface area contributed by atoms with Gasteiger partial charge in [-0.3, -0.25) is 9.59 Å². The predicted molar refractivity (Wildman–Crippen MR) is 154 cm³/mol. The molecule has 0 atom stereocenters. The first kappa shape index (κ1) is 26.9. The molecule has 0 bridgehead atoms. The monoisotopic (exact) mass is 563 g/mol. The van der Waals surface area contributed by atoms with E-state index < -0.39 is 0 Å². The van der Waals surface area contributed by atoms with Crippen molar-refractivity contribution in [3.05, 3.63) is 83.9 Å². The third-order valence-corrected chi connectivity index (χ3v) is 7.76. The number of furan rings is 1. The Morgan fingerprint density at radius 3 is 2.36 bits per heavy atom. The number of anilines is 1. The van der Waals surface area contributed by atoms with Crippen LogP contribution in [0.1, 0.15) is 16.1 Å². The molecule has 0 spiro atoms. The predicted octanol–water partition coefficient (Wildman–Crippen LogP) is 3.50. The highest BCUT2D eigenvalue weighted by Crippen LogP contribution is 2.26. The van der Waals surface area contributed by atoms with Gasteiger partial charge >= 0.3 is 0 Å². The second-order valence-electron chi connectivity index (χ2n) is 8.97. The topological polar surface area (TPSA) is 91.1 Å². The summed E-state index contributed by atoms with van der Waals surface area (Å²) in [7, 11) is 0. The van der Waals surface area contributed by atoms with Crippen LogP contribution < -0.4 is 10.2 Å². The Kier molecular flexibility index (Phi) is 8.92. The zero-order chi connectivity index (χ0) is 27.0. The van der Waals surface area contributed by atoms with Gasteiger partial charge in [0.15, 0.2) is 5.09 Å². The van der Waals surface area contributed by atoms with E-state index in [-0.39, 0.29) is 17.5 Å². The molecule has 9 nitrogen and oxygen atoms in total. The van der Waals surface area contributed by atoms with Gasteiger partial charge in [0.05, 0.1) is 13.2 Å². The molecular weight excluding hydrogens is 534 g/mol. The molecule has 4 heterocycles. The van der Waals surface area contributed by atoms with Gasteiger partial charge in [-0.05, 0) is 48.2 Å². The van der Waals surface area contributed by atoms with Crippen molar-refractivity contribution in [2.75, 3.05) is 57.4 Å². The molecule has 5 rings (SSSR count). The van der Waals surface area contributed by atoms with Gasteiger partial charge in [0.2, 0.25) is 0 Å². The van der Waals surface area contributed by atoms with Crippen molar-refractivity contribution in [3.8, 4) is 0 Å². The quantitative estimate of drug-likeness (QED) is 0.275. The molecule has 0 aliphatic carbocycles. The molecule has 2 aliphatic heterocycles. The van der Waals surface area contributed by atoms with Crippen molar-refractivity contribution in [1.29, 1.82) is 0 Å². The molecule has 1 aromatic carbocycles. The van der Waals surface area contributed by atoms with Crippen molar-refractivity contribution < 1.29 is 18.7 Å². The van der Waals surface area contributed by atoms with E-state index in [9.17, 15) is 9.59 Å². The largest absolute Gasteiger partial charge is 0.450 e. The number of ether oxygens (including phenoxy) is 1. The van der Waals surface area contributed by atoms with E-state index in [1.807, 2.05) is 30.3 Å². The lowest BCUT2D eigenvalue weighted by Gasteiger charge is -2.35. The zero-order valence-electron chi connectivity index (χ0n) is 21.3. The highest BCUT2D eigenvalue weighted by molar-refractivity contribution is 8.22.